The van der Waals surface area contributed by atoms with Crippen LogP contribution in [0.1, 0.15) is 0 Å². The molecule has 1 fully saturated rings. The van der Waals surface area contributed by atoms with Gasteiger partial charge in [0.1, 0.15) is 4.21 Å². The second kappa shape index (κ2) is 7.22. The van der Waals surface area contributed by atoms with Crippen LogP contribution in [0.4, 0.5) is 10.5 Å². The minimum Gasteiger partial charge on any atom is -0.322 e. The van der Waals surface area contributed by atoms with Crippen LogP contribution in [0.2, 0.25) is 0 Å². The van der Waals surface area contributed by atoms with Crippen LogP contribution in [0.3, 0.4) is 0 Å². The lowest BCUT2D eigenvalue weighted by molar-refractivity contribution is 0.184. The standard InChI is InChI=1S/C15H16BrN3O3S2/c16-12-4-1-2-5-13(12)17-15(20)18-7-9-19(10-8-18)24(21,22)14-6-3-11-23-14/h1-6,11H,7-10H2,(H,17,20). The fourth-order valence-corrected chi connectivity index (χ4v) is 5.38. The molecule has 1 aromatic carbocycles. The molecule has 2 amide bonds. The van der Waals surface area contributed by atoms with Gasteiger partial charge >= 0.3 is 6.03 Å². The number of nitrogens with zero attached hydrogens (tertiary/aromatic N) is 2. The van der Waals surface area contributed by atoms with Gasteiger partial charge in [0.2, 0.25) is 0 Å². The van der Waals surface area contributed by atoms with E-state index in [-0.39, 0.29) is 6.03 Å². The molecule has 0 bridgehead atoms. The average molecular weight is 430 g/mol. The van der Waals surface area contributed by atoms with Crippen molar-refractivity contribution in [1.82, 2.24) is 9.21 Å². The van der Waals surface area contributed by atoms with Crippen molar-refractivity contribution in [3.05, 3.63) is 46.3 Å². The van der Waals surface area contributed by atoms with Gasteiger partial charge in [0, 0.05) is 30.7 Å². The second-order valence-corrected chi connectivity index (χ2v) is 9.20. The van der Waals surface area contributed by atoms with Crippen molar-refractivity contribution in [2.45, 2.75) is 4.21 Å². The third kappa shape index (κ3) is 3.64. The van der Waals surface area contributed by atoms with Gasteiger partial charge in [-0.15, -0.1) is 11.3 Å². The number of urea groups is 1. The molecule has 1 N–H and O–H groups in total. The number of amides is 2. The quantitative estimate of drug-likeness (QED) is 0.814. The van der Waals surface area contributed by atoms with Gasteiger partial charge in [-0.25, -0.2) is 13.2 Å². The molecule has 0 radical (unpaired) electrons. The van der Waals surface area contributed by atoms with E-state index in [9.17, 15) is 13.2 Å². The summed E-state index contributed by atoms with van der Waals surface area (Å²) in [6.07, 6.45) is 0. The smallest absolute Gasteiger partial charge is 0.321 e. The molecule has 0 aliphatic carbocycles. The van der Waals surface area contributed by atoms with Crippen molar-refractivity contribution in [3.8, 4) is 0 Å². The van der Waals surface area contributed by atoms with Crippen LogP contribution >= 0.6 is 27.3 Å². The monoisotopic (exact) mass is 429 g/mol. The lowest BCUT2D eigenvalue weighted by Gasteiger charge is -2.33. The number of nitrogens with one attached hydrogen (secondary N) is 1. The third-order valence-electron chi connectivity index (χ3n) is 3.73. The van der Waals surface area contributed by atoms with Gasteiger partial charge in [-0.2, -0.15) is 4.31 Å². The first-order valence-corrected chi connectivity index (χ1v) is 10.4. The molecule has 0 spiro atoms. The van der Waals surface area contributed by atoms with Crippen LogP contribution in [0.25, 0.3) is 0 Å². The number of carbonyl (C=O) groups is 1. The molecule has 0 saturated carbocycles. The van der Waals surface area contributed by atoms with Crippen LogP contribution in [0, 0.1) is 0 Å². The van der Waals surface area contributed by atoms with E-state index in [1.54, 1.807) is 28.5 Å². The fraction of sp³-hybridized carbons (Fsp3) is 0.267. The highest BCUT2D eigenvalue weighted by Crippen LogP contribution is 2.23. The summed E-state index contributed by atoms with van der Waals surface area (Å²) < 4.78 is 27.5. The zero-order valence-corrected chi connectivity index (χ0v) is 15.9. The topological polar surface area (TPSA) is 69.7 Å². The van der Waals surface area contributed by atoms with Gasteiger partial charge in [0.15, 0.2) is 0 Å². The molecule has 24 heavy (non-hydrogen) atoms. The molecular formula is C15H16BrN3O3S2. The molecule has 6 nitrogen and oxygen atoms in total. The van der Waals surface area contributed by atoms with Gasteiger partial charge in [-0.05, 0) is 39.5 Å². The minimum atomic E-state index is -3.45. The Hall–Kier alpha value is -1.42. The highest BCUT2D eigenvalue weighted by Gasteiger charge is 2.30. The number of carbonyl (C=O) groups excluding carboxylic acids is 1. The summed E-state index contributed by atoms with van der Waals surface area (Å²) in [7, 11) is -3.45. The molecule has 1 aromatic heterocycles. The number of hydrogen-bond acceptors (Lipinski definition) is 4. The summed E-state index contributed by atoms with van der Waals surface area (Å²) >= 11 is 4.59. The summed E-state index contributed by atoms with van der Waals surface area (Å²) in [5, 5.41) is 4.58. The van der Waals surface area contributed by atoms with Crippen molar-refractivity contribution in [2.75, 3.05) is 31.5 Å². The summed E-state index contributed by atoms with van der Waals surface area (Å²) in [6.45, 7) is 1.31. The van der Waals surface area contributed by atoms with Crippen molar-refractivity contribution in [2.24, 2.45) is 0 Å². The van der Waals surface area contributed by atoms with Crippen molar-refractivity contribution in [3.63, 3.8) is 0 Å². The van der Waals surface area contributed by atoms with Crippen molar-refractivity contribution >= 4 is 49.0 Å². The molecule has 1 aliphatic heterocycles. The Kier molecular flexibility index (Phi) is 5.24. The lowest BCUT2D eigenvalue weighted by Crippen LogP contribution is -2.51. The maximum absolute atomic E-state index is 12.5. The van der Waals surface area contributed by atoms with Gasteiger partial charge in [-0.1, -0.05) is 18.2 Å². The van der Waals surface area contributed by atoms with E-state index in [0.29, 0.717) is 36.1 Å². The highest BCUT2D eigenvalue weighted by atomic mass is 79.9. The average Bonchev–Trinajstić information content (AvgIpc) is 3.12. The number of rotatable bonds is 3. The maximum Gasteiger partial charge on any atom is 0.321 e. The van der Waals surface area contributed by atoms with E-state index < -0.39 is 10.0 Å². The van der Waals surface area contributed by atoms with Gasteiger partial charge in [0.25, 0.3) is 10.0 Å². The Balaban J connectivity index is 1.61. The first-order valence-electron chi connectivity index (χ1n) is 7.32. The maximum atomic E-state index is 12.5. The number of para-hydroxylation sites is 1. The largest absolute Gasteiger partial charge is 0.322 e. The normalized spacial score (nSPS) is 16.1. The number of halogens is 1. The highest BCUT2D eigenvalue weighted by molar-refractivity contribution is 9.10. The van der Waals surface area contributed by atoms with Crippen LogP contribution in [0.15, 0.2) is 50.5 Å². The lowest BCUT2D eigenvalue weighted by atomic mass is 10.3. The number of sulfonamides is 1. The molecule has 3 rings (SSSR count). The summed E-state index contributed by atoms with van der Waals surface area (Å²) in [5.41, 5.74) is 0.691. The summed E-state index contributed by atoms with van der Waals surface area (Å²) in [6, 6.07) is 10.5. The molecule has 2 heterocycles. The van der Waals surface area contributed by atoms with E-state index in [1.807, 2.05) is 18.2 Å². The summed E-state index contributed by atoms with van der Waals surface area (Å²) in [4.78, 5) is 14.0. The molecule has 128 valence electrons. The number of benzene rings is 1. The van der Waals surface area contributed by atoms with Crippen molar-refractivity contribution in [1.29, 1.82) is 0 Å². The van der Waals surface area contributed by atoms with E-state index in [4.69, 9.17) is 0 Å². The Morgan fingerprint density at radius 2 is 1.79 bits per heavy atom. The van der Waals surface area contributed by atoms with Crippen LogP contribution < -0.4 is 5.32 Å². The molecule has 0 atom stereocenters. The zero-order chi connectivity index (χ0) is 17.2. The molecule has 0 unspecified atom stereocenters. The van der Waals surface area contributed by atoms with Crippen molar-refractivity contribution < 1.29 is 13.2 Å². The zero-order valence-electron chi connectivity index (χ0n) is 12.7. The number of thiophene rings is 1. The molecule has 2 aromatic rings. The Morgan fingerprint density at radius 3 is 2.42 bits per heavy atom. The van der Waals surface area contributed by atoms with E-state index in [0.717, 1.165) is 4.47 Å². The van der Waals surface area contributed by atoms with E-state index in [1.165, 1.54) is 15.6 Å². The SMILES string of the molecule is O=C(Nc1ccccc1Br)N1CCN(S(=O)(=O)c2cccs2)CC1. The van der Waals surface area contributed by atoms with Crippen LogP contribution in [0.5, 0.6) is 0 Å². The van der Waals surface area contributed by atoms with Gasteiger partial charge in [0.05, 0.1) is 5.69 Å². The summed E-state index contributed by atoms with van der Waals surface area (Å²) in [5.74, 6) is 0. The van der Waals surface area contributed by atoms with Crippen LogP contribution in [-0.4, -0.2) is 49.8 Å². The number of anilines is 1. The number of piperazine rings is 1. The predicted octanol–water partition coefficient (Wildman–Crippen LogP) is 3.05. The van der Waals surface area contributed by atoms with Crippen LogP contribution in [-0.2, 0) is 10.0 Å². The first-order chi connectivity index (χ1) is 11.5. The Bertz CT molecular complexity index is 816. The molecular weight excluding hydrogens is 414 g/mol. The first kappa shape index (κ1) is 17.4. The Labute approximate surface area is 153 Å². The second-order valence-electron chi connectivity index (χ2n) is 5.23. The Morgan fingerprint density at radius 1 is 1.08 bits per heavy atom. The number of hydrogen-bond donors (Lipinski definition) is 1. The van der Waals surface area contributed by atoms with E-state index in [2.05, 4.69) is 21.2 Å². The third-order valence-corrected chi connectivity index (χ3v) is 7.69. The molecule has 9 heteroatoms. The molecule has 1 aliphatic rings. The van der Waals surface area contributed by atoms with E-state index >= 15 is 0 Å². The minimum absolute atomic E-state index is 0.227. The van der Waals surface area contributed by atoms with Gasteiger partial charge < -0.3 is 10.2 Å². The predicted molar refractivity (Wildman–Crippen MR) is 97.8 cm³/mol. The fourth-order valence-electron chi connectivity index (χ4n) is 2.43. The van der Waals surface area contributed by atoms with Gasteiger partial charge in [-0.3, -0.25) is 0 Å². The molecule has 1 saturated heterocycles.